The number of thiophene rings is 4. The fourth-order valence-electron chi connectivity index (χ4n) is 2.86. The Kier molecular flexibility index (Phi) is 2.38. The number of fused-ring (bicyclic) bond motifs is 8. The van der Waals surface area contributed by atoms with E-state index in [0.29, 0.717) is 0 Å². The van der Waals surface area contributed by atoms with Crippen LogP contribution >= 0.6 is 45.3 Å². The predicted molar refractivity (Wildman–Crippen MR) is 93.3 cm³/mol. The van der Waals surface area contributed by atoms with Gasteiger partial charge < -0.3 is 0 Å². The molecule has 4 heterocycles. The van der Waals surface area contributed by atoms with E-state index in [9.17, 15) is 0 Å². The van der Waals surface area contributed by atoms with Crippen LogP contribution in [0.1, 0.15) is 0 Å². The Morgan fingerprint density at radius 1 is 0.300 bits per heavy atom. The van der Waals surface area contributed by atoms with Crippen molar-refractivity contribution in [1.82, 2.24) is 0 Å². The highest BCUT2D eigenvalue weighted by atomic mass is 32.1. The molecule has 0 radical (unpaired) electrons. The summed E-state index contributed by atoms with van der Waals surface area (Å²) in [4.78, 5) is 0. The summed E-state index contributed by atoms with van der Waals surface area (Å²) in [6, 6.07) is 0. The highest BCUT2D eigenvalue weighted by Crippen LogP contribution is 2.51. The summed E-state index contributed by atoms with van der Waals surface area (Å²) < 4.78 is 0. The van der Waals surface area contributed by atoms with E-state index >= 15 is 0 Å². The van der Waals surface area contributed by atoms with Crippen molar-refractivity contribution in [2.75, 3.05) is 0 Å². The lowest BCUT2D eigenvalue weighted by molar-refractivity contribution is 1.69. The molecule has 1 aliphatic rings. The van der Waals surface area contributed by atoms with Gasteiger partial charge in [0.1, 0.15) is 0 Å². The Balaban J connectivity index is 2.00. The summed E-state index contributed by atoms with van der Waals surface area (Å²) in [5, 5.41) is 18.3. The van der Waals surface area contributed by atoms with Gasteiger partial charge in [0.15, 0.2) is 0 Å². The smallest absolute Gasteiger partial charge is 0.00170 e. The molecule has 1 aliphatic carbocycles. The molecule has 4 heteroatoms. The van der Waals surface area contributed by atoms with Crippen molar-refractivity contribution in [2.45, 2.75) is 0 Å². The van der Waals surface area contributed by atoms with Crippen LogP contribution in [0.25, 0.3) is 44.5 Å². The largest absolute Gasteiger partial charge is 0.151 e. The van der Waals surface area contributed by atoms with Crippen molar-refractivity contribution >= 4 is 45.3 Å². The topological polar surface area (TPSA) is 0 Å². The Morgan fingerprint density at radius 2 is 0.450 bits per heavy atom. The van der Waals surface area contributed by atoms with Gasteiger partial charge in [0.05, 0.1) is 0 Å². The average Bonchev–Trinajstić information content (AvgIpc) is 3.21. The molecule has 0 nitrogen and oxygen atoms in total. The van der Waals surface area contributed by atoms with Gasteiger partial charge in [0.25, 0.3) is 0 Å². The SMILES string of the molecule is c1scc2c1-c1cscc1-c1cscc1-c1cscc1-2. The van der Waals surface area contributed by atoms with Crippen molar-refractivity contribution in [3.05, 3.63) is 43.0 Å². The first-order valence-corrected chi connectivity index (χ1v) is 9.97. The van der Waals surface area contributed by atoms with Gasteiger partial charge in [-0.3, -0.25) is 0 Å². The average molecular weight is 329 g/mol. The van der Waals surface area contributed by atoms with E-state index < -0.39 is 0 Å². The van der Waals surface area contributed by atoms with Crippen LogP contribution < -0.4 is 0 Å². The van der Waals surface area contributed by atoms with Gasteiger partial charge in [-0.25, -0.2) is 0 Å². The normalized spacial score (nSPS) is 12.0. The lowest BCUT2D eigenvalue weighted by Gasteiger charge is -2.13. The van der Waals surface area contributed by atoms with Gasteiger partial charge in [-0.1, -0.05) is 0 Å². The lowest BCUT2D eigenvalue weighted by Crippen LogP contribution is -1.87. The second-order valence-electron chi connectivity index (χ2n) is 4.80. The van der Waals surface area contributed by atoms with Crippen LogP contribution in [-0.4, -0.2) is 0 Å². The van der Waals surface area contributed by atoms with E-state index in [2.05, 4.69) is 43.0 Å². The molecule has 0 amide bonds. The first kappa shape index (κ1) is 11.5. The summed E-state index contributed by atoms with van der Waals surface area (Å²) in [5.74, 6) is 0. The third-order valence-corrected chi connectivity index (χ3v) is 6.78. The fraction of sp³-hybridized carbons (Fsp3) is 0. The zero-order valence-electron chi connectivity index (χ0n) is 10.3. The standard InChI is InChI=1S/C16H8S4/c1-9-10(2-17-1)12-4-19-6-14(12)16-8-20-7-15(16)13-5-18-3-11(9)13/h1-8H. The molecule has 96 valence electrons. The highest BCUT2D eigenvalue weighted by Gasteiger charge is 2.23. The van der Waals surface area contributed by atoms with Gasteiger partial charge >= 0.3 is 0 Å². The van der Waals surface area contributed by atoms with Gasteiger partial charge in [0, 0.05) is 44.5 Å². The molecular formula is C16H8S4. The number of hydrogen-bond donors (Lipinski definition) is 0. The van der Waals surface area contributed by atoms with Crippen LogP contribution in [-0.2, 0) is 0 Å². The van der Waals surface area contributed by atoms with E-state index in [1.165, 1.54) is 44.5 Å². The monoisotopic (exact) mass is 328 g/mol. The van der Waals surface area contributed by atoms with Crippen LogP contribution in [0.3, 0.4) is 0 Å². The van der Waals surface area contributed by atoms with E-state index in [-0.39, 0.29) is 0 Å². The third kappa shape index (κ3) is 1.40. The maximum Gasteiger partial charge on any atom is 0.00170 e. The molecule has 20 heavy (non-hydrogen) atoms. The zero-order valence-corrected chi connectivity index (χ0v) is 13.5. The molecule has 0 saturated heterocycles. The maximum absolute atomic E-state index is 2.29. The molecule has 0 spiro atoms. The van der Waals surface area contributed by atoms with Gasteiger partial charge in [-0.2, -0.15) is 45.3 Å². The van der Waals surface area contributed by atoms with Gasteiger partial charge in [-0.05, 0) is 43.0 Å². The predicted octanol–water partition coefficient (Wildman–Crippen LogP) is 6.91. The molecule has 0 aliphatic heterocycles. The molecule has 0 aromatic carbocycles. The number of hydrogen-bond acceptors (Lipinski definition) is 4. The number of rotatable bonds is 0. The van der Waals surface area contributed by atoms with E-state index in [4.69, 9.17) is 0 Å². The molecule has 0 atom stereocenters. The van der Waals surface area contributed by atoms with Crippen molar-refractivity contribution in [3.63, 3.8) is 0 Å². The summed E-state index contributed by atoms with van der Waals surface area (Å²) in [6.07, 6.45) is 0. The summed E-state index contributed by atoms with van der Waals surface area (Å²) in [6.45, 7) is 0. The molecule has 0 bridgehead atoms. The van der Waals surface area contributed by atoms with Crippen LogP contribution in [0, 0.1) is 0 Å². The highest BCUT2D eigenvalue weighted by molar-refractivity contribution is 7.11. The molecular weight excluding hydrogens is 320 g/mol. The first-order valence-electron chi connectivity index (χ1n) is 6.20. The lowest BCUT2D eigenvalue weighted by atomic mass is 9.88. The molecule has 0 fully saturated rings. The van der Waals surface area contributed by atoms with E-state index in [0.717, 1.165) is 0 Å². The fourth-order valence-corrected chi connectivity index (χ4v) is 6.25. The third-order valence-electron chi connectivity index (χ3n) is 3.81. The van der Waals surface area contributed by atoms with Gasteiger partial charge in [-0.15, -0.1) is 0 Å². The van der Waals surface area contributed by atoms with Crippen LogP contribution in [0.4, 0.5) is 0 Å². The Bertz CT molecular complexity index is 668. The van der Waals surface area contributed by atoms with Gasteiger partial charge in [0.2, 0.25) is 0 Å². The summed E-state index contributed by atoms with van der Waals surface area (Å²) >= 11 is 7.20. The van der Waals surface area contributed by atoms with Crippen LogP contribution in [0.5, 0.6) is 0 Å². The van der Waals surface area contributed by atoms with Crippen molar-refractivity contribution in [3.8, 4) is 44.5 Å². The molecule has 5 rings (SSSR count). The molecule has 0 unspecified atom stereocenters. The van der Waals surface area contributed by atoms with Crippen LogP contribution in [0.2, 0.25) is 0 Å². The van der Waals surface area contributed by atoms with E-state index in [1.54, 1.807) is 45.3 Å². The second kappa shape index (κ2) is 4.15. The quantitative estimate of drug-likeness (QED) is 0.289. The van der Waals surface area contributed by atoms with Crippen LogP contribution in [0.15, 0.2) is 43.0 Å². The summed E-state index contributed by atoms with van der Waals surface area (Å²) in [5.41, 5.74) is 11.1. The Hall–Kier alpha value is -1.20. The van der Waals surface area contributed by atoms with E-state index in [1.807, 2.05) is 0 Å². The second-order valence-corrected chi connectivity index (χ2v) is 7.77. The van der Waals surface area contributed by atoms with Crippen molar-refractivity contribution in [1.29, 1.82) is 0 Å². The first-order chi connectivity index (χ1) is 9.93. The minimum absolute atomic E-state index is 1.39. The van der Waals surface area contributed by atoms with Crippen molar-refractivity contribution < 1.29 is 0 Å². The maximum atomic E-state index is 2.29. The summed E-state index contributed by atoms with van der Waals surface area (Å²) in [7, 11) is 0. The Labute approximate surface area is 132 Å². The molecule has 4 aromatic rings. The Morgan fingerprint density at radius 3 is 0.600 bits per heavy atom. The molecule has 4 aromatic heterocycles. The molecule has 0 N–H and O–H groups in total. The molecule has 0 saturated carbocycles. The minimum atomic E-state index is 1.39. The minimum Gasteiger partial charge on any atom is -0.151 e. The zero-order chi connectivity index (χ0) is 13.1. The van der Waals surface area contributed by atoms with Crippen molar-refractivity contribution in [2.24, 2.45) is 0 Å².